The number of rotatable bonds is 0. The first kappa shape index (κ1) is 9.29. The van der Waals surface area contributed by atoms with Crippen molar-refractivity contribution in [2.45, 2.75) is 21.0 Å². The normalized spacial score (nSPS) is 14.0. The van der Waals surface area contributed by atoms with E-state index in [0.717, 1.165) is 11.0 Å². The van der Waals surface area contributed by atoms with Crippen LogP contribution in [0.3, 0.4) is 0 Å². The van der Waals surface area contributed by atoms with Crippen molar-refractivity contribution in [3.8, 4) is 0 Å². The van der Waals surface area contributed by atoms with Gasteiger partial charge in [0.15, 0.2) is 0 Å². The molecule has 3 heteroatoms. The molecule has 1 aliphatic heterocycles. The average molecular weight is 164 g/mol. The lowest BCUT2D eigenvalue weighted by atomic mass is 9.79. The van der Waals surface area contributed by atoms with Gasteiger partial charge >= 0.3 is 7.12 Å². The number of fused-ring (bicyclic) bond motifs is 1. The zero-order valence-corrected chi connectivity index (χ0v) is 6.37. The molecule has 1 aromatic rings. The van der Waals surface area contributed by atoms with E-state index in [1.54, 1.807) is 0 Å². The summed E-state index contributed by atoms with van der Waals surface area (Å²) in [6.45, 7) is 2.57. The molecule has 0 aromatic heterocycles. The molecule has 64 valence electrons. The van der Waals surface area contributed by atoms with Crippen molar-refractivity contribution in [1.82, 2.24) is 0 Å². The van der Waals surface area contributed by atoms with E-state index in [0.29, 0.717) is 6.61 Å². The Bertz CT molecular complexity index is 286. The molecule has 1 aromatic carbocycles. The third kappa shape index (κ3) is 1.38. The Kier molecular flexibility index (Phi) is 2.55. The van der Waals surface area contributed by atoms with E-state index in [1.807, 2.05) is 25.1 Å². The Hall–Kier alpha value is -0.795. The molecule has 0 fully saturated rings. The predicted molar refractivity (Wildman–Crippen MR) is 50.3 cm³/mol. The maximum Gasteiger partial charge on any atom is 0.491 e. The van der Waals surface area contributed by atoms with Crippen molar-refractivity contribution in [2.24, 2.45) is 0 Å². The topological polar surface area (TPSA) is 29.5 Å². The van der Waals surface area contributed by atoms with E-state index >= 15 is 0 Å². The Labute approximate surface area is 73.3 Å². The lowest BCUT2D eigenvalue weighted by Crippen LogP contribution is -2.27. The molecule has 0 unspecified atom stereocenters. The summed E-state index contributed by atoms with van der Waals surface area (Å²) in [5.74, 6) is 0. The van der Waals surface area contributed by atoms with Crippen molar-refractivity contribution in [3.63, 3.8) is 0 Å². The molecule has 0 radical (unpaired) electrons. The first-order valence-electron chi connectivity index (χ1n) is 3.66. The highest BCUT2D eigenvalue weighted by Gasteiger charge is 2.26. The highest BCUT2D eigenvalue weighted by Crippen LogP contribution is 2.10. The van der Waals surface area contributed by atoms with Gasteiger partial charge in [-0.3, -0.25) is 0 Å². The average Bonchev–Trinajstić information content (AvgIpc) is 2.32. The summed E-state index contributed by atoms with van der Waals surface area (Å²) in [6, 6.07) is 5.95. The van der Waals surface area contributed by atoms with Crippen LogP contribution < -0.4 is 5.46 Å². The van der Waals surface area contributed by atoms with Crippen LogP contribution in [0, 0.1) is 6.92 Å². The monoisotopic (exact) mass is 164 g/mol. The molecular weight excluding hydrogens is 151 g/mol. The van der Waals surface area contributed by atoms with Crippen LogP contribution in [-0.4, -0.2) is 12.1 Å². The Morgan fingerprint density at radius 2 is 2.25 bits per heavy atom. The van der Waals surface area contributed by atoms with Crippen LogP contribution in [-0.2, 0) is 11.3 Å². The zero-order chi connectivity index (χ0) is 7.84. The molecule has 0 spiro atoms. The molecule has 0 saturated carbocycles. The van der Waals surface area contributed by atoms with Gasteiger partial charge in [-0.25, -0.2) is 0 Å². The van der Waals surface area contributed by atoms with Gasteiger partial charge in [-0.1, -0.05) is 31.2 Å². The van der Waals surface area contributed by atoms with Crippen LogP contribution in [0.25, 0.3) is 0 Å². The van der Waals surface area contributed by atoms with Gasteiger partial charge in [-0.15, -0.1) is 0 Å². The van der Waals surface area contributed by atoms with Crippen molar-refractivity contribution in [1.29, 1.82) is 0 Å². The van der Waals surface area contributed by atoms with E-state index in [-0.39, 0.29) is 7.43 Å². The minimum atomic E-state index is -0.703. The minimum absolute atomic E-state index is 0. The molecule has 1 N–H and O–H groups in total. The van der Waals surface area contributed by atoms with E-state index in [9.17, 15) is 5.02 Å². The number of hydrogen-bond donors (Lipinski definition) is 1. The van der Waals surface area contributed by atoms with E-state index in [2.05, 4.69) is 0 Å². The molecule has 0 atom stereocenters. The number of benzene rings is 1. The van der Waals surface area contributed by atoms with Gasteiger partial charge in [0.25, 0.3) is 0 Å². The second-order valence-electron chi connectivity index (χ2n) is 2.87. The van der Waals surface area contributed by atoms with Crippen molar-refractivity contribution in [3.05, 3.63) is 29.3 Å². The molecule has 0 aliphatic carbocycles. The fourth-order valence-electron chi connectivity index (χ4n) is 1.36. The summed E-state index contributed by atoms with van der Waals surface area (Å²) in [5.41, 5.74) is 3.23. The fraction of sp³-hybridized carbons (Fsp3) is 0.333. The van der Waals surface area contributed by atoms with Gasteiger partial charge in [0.1, 0.15) is 0 Å². The summed E-state index contributed by atoms with van der Waals surface area (Å²) in [6.07, 6.45) is 0. The summed E-state index contributed by atoms with van der Waals surface area (Å²) >= 11 is 0. The molecule has 1 heterocycles. The first-order chi connectivity index (χ1) is 5.27. The molecule has 12 heavy (non-hydrogen) atoms. The highest BCUT2D eigenvalue weighted by atomic mass is 16.5. The summed E-state index contributed by atoms with van der Waals surface area (Å²) in [7, 11) is -0.703. The highest BCUT2D eigenvalue weighted by molar-refractivity contribution is 6.61. The van der Waals surface area contributed by atoms with Gasteiger partial charge in [0.05, 0.1) is 6.61 Å². The van der Waals surface area contributed by atoms with E-state index < -0.39 is 7.12 Å². The quantitative estimate of drug-likeness (QED) is 0.576. The van der Waals surface area contributed by atoms with Crippen LogP contribution in [0.2, 0.25) is 0 Å². The second kappa shape index (κ2) is 3.29. The molecule has 0 amide bonds. The van der Waals surface area contributed by atoms with Crippen LogP contribution in [0.1, 0.15) is 18.6 Å². The Balaban J connectivity index is 0.000000720. The largest absolute Gasteiger partial charge is 0.491 e. The van der Waals surface area contributed by atoms with Crippen LogP contribution in [0.5, 0.6) is 0 Å². The van der Waals surface area contributed by atoms with Gasteiger partial charge in [0.2, 0.25) is 0 Å². The molecule has 0 bridgehead atoms. The SMILES string of the molecule is C.Cc1ccc2c(c1)COB2O. The third-order valence-corrected chi connectivity index (χ3v) is 1.96. The van der Waals surface area contributed by atoms with E-state index in [1.165, 1.54) is 5.56 Å². The lowest BCUT2D eigenvalue weighted by Gasteiger charge is -1.97. The summed E-state index contributed by atoms with van der Waals surface area (Å²) < 4.78 is 5.03. The zero-order valence-electron chi connectivity index (χ0n) is 6.37. The maximum absolute atomic E-state index is 9.25. The smallest absolute Gasteiger partial charge is 0.423 e. The van der Waals surface area contributed by atoms with Crippen LogP contribution in [0.15, 0.2) is 18.2 Å². The van der Waals surface area contributed by atoms with Crippen LogP contribution in [0.4, 0.5) is 0 Å². The van der Waals surface area contributed by atoms with Crippen molar-refractivity contribution < 1.29 is 9.68 Å². The van der Waals surface area contributed by atoms with Gasteiger partial charge in [0, 0.05) is 0 Å². The predicted octanol–water partition coefficient (Wildman–Crippen LogP) is 0.849. The number of aryl methyl sites for hydroxylation is 1. The minimum Gasteiger partial charge on any atom is -0.423 e. The first-order valence-corrected chi connectivity index (χ1v) is 3.66. The molecule has 2 rings (SSSR count). The third-order valence-electron chi connectivity index (χ3n) is 1.96. The fourth-order valence-corrected chi connectivity index (χ4v) is 1.36. The van der Waals surface area contributed by atoms with E-state index in [4.69, 9.17) is 4.65 Å². The summed E-state index contributed by atoms with van der Waals surface area (Å²) in [5, 5.41) is 9.25. The lowest BCUT2D eigenvalue weighted by molar-refractivity contribution is 0.275. The standard InChI is InChI=1S/C8H9BO2.CH4/c1-6-2-3-8-7(4-6)5-11-9(8)10;/h2-4,10H,5H2,1H3;1H4. The number of hydrogen-bond acceptors (Lipinski definition) is 2. The molecule has 2 nitrogen and oxygen atoms in total. The molecular formula is C9H13BO2. The van der Waals surface area contributed by atoms with Crippen molar-refractivity contribution >= 4 is 12.6 Å². The maximum atomic E-state index is 9.25. The summed E-state index contributed by atoms with van der Waals surface area (Å²) in [4.78, 5) is 0. The van der Waals surface area contributed by atoms with Gasteiger partial charge in [-0.05, 0) is 17.9 Å². The molecule has 0 saturated heterocycles. The van der Waals surface area contributed by atoms with Gasteiger partial charge < -0.3 is 9.68 Å². The Morgan fingerprint density at radius 1 is 1.50 bits per heavy atom. The Morgan fingerprint density at radius 3 is 3.00 bits per heavy atom. The van der Waals surface area contributed by atoms with Gasteiger partial charge in [-0.2, -0.15) is 0 Å². The second-order valence-corrected chi connectivity index (χ2v) is 2.87. The molecule has 1 aliphatic rings. The van der Waals surface area contributed by atoms with Crippen molar-refractivity contribution in [2.75, 3.05) is 0 Å². The van der Waals surface area contributed by atoms with Crippen LogP contribution >= 0.6 is 0 Å².